The number of amides is 1. The molecule has 0 aliphatic rings. The minimum absolute atomic E-state index is 0.162. The summed E-state index contributed by atoms with van der Waals surface area (Å²) in [6.45, 7) is 2.25. The molecule has 0 N–H and O–H groups in total. The van der Waals surface area contributed by atoms with Crippen molar-refractivity contribution < 1.29 is 9.53 Å². The Hall–Kier alpha value is -4.04. The lowest BCUT2D eigenvalue weighted by molar-refractivity contribution is 0.0984. The van der Waals surface area contributed by atoms with Crippen LogP contribution < -0.4 is 9.64 Å². The van der Waals surface area contributed by atoms with Gasteiger partial charge in [0.05, 0.1) is 47.0 Å². The molecule has 0 aliphatic heterocycles. The maximum atomic E-state index is 13.8. The summed E-state index contributed by atoms with van der Waals surface area (Å²) in [5.41, 5.74) is 3.90. The molecule has 2 aromatic carbocycles. The highest BCUT2D eigenvalue weighted by Gasteiger charge is 2.25. The Morgan fingerprint density at radius 2 is 1.94 bits per heavy atom. The third-order valence-corrected chi connectivity index (χ3v) is 6.42. The fourth-order valence-corrected chi connectivity index (χ4v) is 4.58. The first kappa shape index (κ1) is 20.8. The number of pyridine rings is 1. The van der Waals surface area contributed by atoms with E-state index in [1.807, 2.05) is 67.6 Å². The molecule has 164 valence electrons. The van der Waals surface area contributed by atoms with Gasteiger partial charge in [0.2, 0.25) is 0 Å². The van der Waals surface area contributed by atoms with Gasteiger partial charge in [0, 0.05) is 18.5 Å². The van der Waals surface area contributed by atoms with E-state index in [2.05, 4.69) is 10.1 Å². The predicted molar refractivity (Wildman–Crippen MR) is 129 cm³/mol. The molecule has 3 aromatic heterocycles. The Balaban J connectivity index is 1.56. The normalized spacial score (nSPS) is 11.0. The van der Waals surface area contributed by atoms with Crippen LogP contribution in [0, 0.1) is 6.92 Å². The molecule has 7 nitrogen and oxygen atoms in total. The zero-order chi connectivity index (χ0) is 22.8. The Bertz CT molecular complexity index is 1410. The van der Waals surface area contributed by atoms with E-state index in [1.165, 1.54) is 11.3 Å². The number of benzene rings is 2. The van der Waals surface area contributed by atoms with E-state index in [9.17, 15) is 4.79 Å². The molecule has 0 spiro atoms. The van der Waals surface area contributed by atoms with Gasteiger partial charge in [0.1, 0.15) is 5.75 Å². The SMILES string of the molecule is COc1ccc2sc(N(Cc3cccnc3)C(=O)c3cnn(-c4ccccc4)c3C)nc2c1. The van der Waals surface area contributed by atoms with Crippen LogP contribution in [-0.4, -0.2) is 32.8 Å². The minimum Gasteiger partial charge on any atom is -0.497 e. The summed E-state index contributed by atoms with van der Waals surface area (Å²) < 4.78 is 8.08. The summed E-state index contributed by atoms with van der Waals surface area (Å²) in [4.78, 5) is 24.5. The number of carbonyl (C=O) groups excluding carboxylic acids is 1. The van der Waals surface area contributed by atoms with Gasteiger partial charge < -0.3 is 4.74 Å². The topological polar surface area (TPSA) is 73.1 Å². The summed E-state index contributed by atoms with van der Waals surface area (Å²) in [5.74, 6) is 0.564. The van der Waals surface area contributed by atoms with E-state index >= 15 is 0 Å². The molecule has 8 heteroatoms. The highest BCUT2D eigenvalue weighted by atomic mass is 32.1. The number of hydrogen-bond donors (Lipinski definition) is 0. The molecule has 0 aliphatic carbocycles. The summed E-state index contributed by atoms with van der Waals surface area (Å²) >= 11 is 1.47. The molecule has 3 heterocycles. The number of hydrogen-bond acceptors (Lipinski definition) is 6. The van der Waals surface area contributed by atoms with Crippen molar-refractivity contribution >= 4 is 32.6 Å². The number of para-hydroxylation sites is 1. The van der Waals surface area contributed by atoms with Crippen LogP contribution in [0.15, 0.2) is 79.3 Å². The molecule has 0 saturated heterocycles. The number of rotatable bonds is 6. The Morgan fingerprint density at radius 1 is 1.09 bits per heavy atom. The molecule has 0 saturated carbocycles. The second-order valence-electron chi connectivity index (χ2n) is 7.47. The molecular weight excluding hydrogens is 434 g/mol. The zero-order valence-corrected chi connectivity index (χ0v) is 19.0. The maximum Gasteiger partial charge on any atom is 0.263 e. The van der Waals surface area contributed by atoms with Crippen LogP contribution in [0.5, 0.6) is 5.75 Å². The van der Waals surface area contributed by atoms with Gasteiger partial charge in [0.25, 0.3) is 5.91 Å². The molecule has 0 bridgehead atoms. The van der Waals surface area contributed by atoms with Crippen molar-refractivity contribution in [2.45, 2.75) is 13.5 Å². The monoisotopic (exact) mass is 455 g/mol. The summed E-state index contributed by atoms with van der Waals surface area (Å²) in [6.07, 6.45) is 5.10. The van der Waals surface area contributed by atoms with Crippen molar-refractivity contribution in [1.82, 2.24) is 19.7 Å². The lowest BCUT2D eigenvalue weighted by Gasteiger charge is -2.19. The van der Waals surface area contributed by atoms with Gasteiger partial charge in [-0.1, -0.05) is 35.6 Å². The van der Waals surface area contributed by atoms with Gasteiger partial charge in [-0.3, -0.25) is 14.7 Å². The van der Waals surface area contributed by atoms with Gasteiger partial charge >= 0.3 is 0 Å². The van der Waals surface area contributed by atoms with Crippen LogP contribution in [0.3, 0.4) is 0 Å². The largest absolute Gasteiger partial charge is 0.497 e. The fourth-order valence-electron chi connectivity index (χ4n) is 3.63. The van der Waals surface area contributed by atoms with E-state index in [0.717, 1.165) is 32.9 Å². The van der Waals surface area contributed by atoms with Crippen LogP contribution in [0.4, 0.5) is 5.13 Å². The molecule has 0 fully saturated rings. The third kappa shape index (κ3) is 4.08. The number of methoxy groups -OCH3 is 1. The summed E-state index contributed by atoms with van der Waals surface area (Å²) in [5, 5.41) is 5.09. The van der Waals surface area contributed by atoms with Gasteiger partial charge in [-0.25, -0.2) is 9.67 Å². The average molecular weight is 456 g/mol. The van der Waals surface area contributed by atoms with E-state index in [-0.39, 0.29) is 5.91 Å². The van der Waals surface area contributed by atoms with E-state index < -0.39 is 0 Å². The lowest BCUT2D eigenvalue weighted by atomic mass is 10.2. The highest BCUT2D eigenvalue weighted by Crippen LogP contribution is 2.33. The van der Waals surface area contributed by atoms with Crippen molar-refractivity contribution in [3.63, 3.8) is 0 Å². The number of anilines is 1. The van der Waals surface area contributed by atoms with Crippen LogP contribution in [-0.2, 0) is 6.54 Å². The molecule has 5 rings (SSSR count). The van der Waals surface area contributed by atoms with Gasteiger partial charge in [-0.05, 0) is 42.8 Å². The Kier molecular flexibility index (Phi) is 5.58. The lowest BCUT2D eigenvalue weighted by Crippen LogP contribution is -2.30. The molecule has 0 radical (unpaired) electrons. The second-order valence-corrected chi connectivity index (χ2v) is 8.48. The van der Waals surface area contributed by atoms with Gasteiger partial charge in [-0.15, -0.1) is 0 Å². The Labute approximate surface area is 194 Å². The summed E-state index contributed by atoms with van der Waals surface area (Å²) in [6, 6.07) is 19.3. The standard InChI is InChI=1S/C25H21N5O2S/c1-17-21(15-27-30(17)19-8-4-3-5-9-19)24(31)29(16-18-7-6-12-26-14-18)25-28-22-13-20(32-2)10-11-23(22)33-25/h3-15H,16H2,1-2H3. The van der Waals surface area contributed by atoms with Crippen LogP contribution in [0.2, 0.25) is 0 Å². The van der Waals surface area contributed by atoms with Crippen LogP contribution in [0.25, 0.3) is 15.9 Å². The first-order valence-electron chi connectivity index (χ1n) is 10.4. The van der Waals surface area contributed by atoms with Crippen molar-refractivity contribution in [3.8, 4) is 11.4 Å². The average Bonchev–Trinajstić information content (AvgIpc) is 3.46. The number of nitrogens with zero attached hydrogens (tertiary/aromatic N) is 5. The molecule has 1 amide bonds. The number of carbonyl (C=O) groups is 1. The quantitative estimate of drug-likeness (QED) is 0.359. The molecular formula is C25H21N5O2S. The minimum atomic E-state index is -0.162. The fraction of sp³-hybridized carbons (Fsp3) is 0.120. The second kappa shape index (κ2) is 8.84. The van der Waals surface area contributed by atoms with Gasteiger partial charge in [-0.2, -0.15) is 5.10 Å². The van der Waals surface area contributed by atoms with Crippen LogP contribution in [0.1, 0.15) is 21.6 Å². The smallest absolute Gasteiger partial charge is 0.263 e. The molecule has 33 heavy (non-hydrogen) atoms. The first-order valence-corrected chi connectivity index (χ1v) is 11.2. The number of ether oxygens (including phenoxy) is 1. The van der Waals surface area contributed by atoms with Gasteiger partial charge in [0.15, 0.2) is 5.13 Å². The number of thiazole rings is 1. The summed E-state index contributed by atoms with van der Waals surface area (Å²) in [7, 11) is 1.62. The molecule has 0 unspecified atom stereocenters. The number of fused-ring (bicyclic) bond motifs is 1. The van der Waals surface area contributed by atoms with Crippen molar-refractivity contribution in [2.24, 2.45) is 0 Å². The van der Waals surface area contributed by atoms with Crippen molar-refractivity contribution in [2.75, 3.05) is 12.0 Å². The molecule has 5 aromatic rings. The zero-order valence-electron chi connectivity index (χ0n) is 18.2. The van der Waals surface area contributed by atoms with Crippen molar-refractivity contribution in [3.05, 3.63) is 96.1 Å². The first-order chi connectivity index (χ1) is 16.1. The Morgan fingerprint density at radius 3 is 2.70 bits per heavy atom. The van der Waals surface area contributed by atoms with Crippen molar-refractivity contribution in [1.29, 1.82) is 0 Å². The maximum absolute atomic E-state index is 13.8. The predicted octanol–water partition coefficient (Wildman–Crippen LogP) is 5.04. The highest BCUT2D eigenvalue weighted by molar-refractivity contribution is 7.22. The van der Waals surface area contributed by atoms with E-state index in [1.54, 1.807) is 35.3 Å². The number of aromatic nitrogens is 4. The van der Waals surface area contributed by atoms with E-state index in [4.69, 9.17) is 9.72 Å². The van der Waals surface area contributed by atoms with Crippen LogP contribution >= 0.6 is 11.3 Å². The third-order valence-electron chi connectivity index (χ3n) is 5.36. The molecule has 0 atom stereocenters. The van der Waals surface area contributed by atoms with E-state index in [0.29, 0.717) is 17.2 Å².